The summed E-state index contributed by atoms with van der Waals surface area (Å²) in [6.45, 7) is 1.24. The van der Waals surface area contributed by atoms with Crippen LogP contribution in [0.15, 0.2) is 23.8 Å². The van der Waals surface area contributed by atoms with Gasteiger partial charge in [0.05, 0.1) is 12.1 Å². The second kappa shape index (κ2) is 6.04. The van der Waals surface area contributed by atoms with Crippen LogP contribution in [0.2, 0.25) is 0 Å². The Bertz CT molecular complexity index is 673. The third-order valence-electron chi connectivity index (χ3n) is 2.72. The van der Waals surface area contributed by atoms with Crippen molar-refractivity contribution in [3.8, 4) is 0 Å². The molecule has 0 saturated heterocycles. The molecule has 0 saturated carbocycles. The standard InChI is InChI=1S/C13H11BrFN3O3/c1-6(19)17-18-13(21)9-5-11(20)16-10-4-7(15)2-3-8(10)12(9)14/h2-4H,5H2,1H3,(H,16,20)(H,17,19)(H,18,21). The molecule has 2 rings (SSSR count). The van der Waals surface area contributed by atoms with Gasteiger partial charge in [-0.2, -0.15) is 0 Å². The minimum atomic E-state index is -0.621. The van der Waals surface area contributed by atoms with Crippen LogP contribution in [0.5, 0.6) is 0 Å². The van der Waals surface area contributed by atoms with E-state index >= 15 is 0 Å². The highest BCUT2D eigenvalue weighted by Crippen LogP contribution is 2.35. The number of halogens is 2. The van der Waals surface area contributed by atoms with Crippen LogP contribution in [0.4, 0.5) is 10.1 Å². The average molecular weight is 356 g/mol. The number of hydrazine groups is 1. The number of benzene rings is 1. The quantitative estimate of drug-likeness (QED) is 0.666. The van der Waals surface area contributed by atoms with E-state index in [0.717, 1.165) is 0 Å². The summed E-state index contributed by atoms with van der Waals surface area (Å²) in [5.41, 5.74) is 5.22. The van der Waals surface area contributed by atoms with Crippen molar-refractivity contribution in [2.24, 2.45) is 0 Å². The van der Waals surface area contributed by atoms with E-state index in [1.807, 2.05) is 0 Å². The van der Waals surface area contributed by atoms with Crippen LogP contribution in [0.25, 0.3) is 4.48 Å². The van der Waals surface area contributed by atoms with Gasteiger partial charge in [-0.15, -0.1) is 0 Å². The lowest BCUT2D eigenvalue weighted by atomic mass is 10.1. The van der Waals surface area contributed by atoms with E-state index in [1.165, 1.54) is 25.1 Å². The molecule has 1 aliphatic rings. The Balaban J connectivity index is 2.41. The van der Waals surface area contributed by atoms with Crippen LogP contribution in [0.3, 0.4) is 0 Å². The van der Waals surface area contributed by atoms with E-state index in [9.17, 15) is 18.8 Å². The van der Waals surface area contributed by atoms with Crippen molar-refractivity contribution in [1.82, 2.24) is 10.9 Å². The third-order valence-corrected chi connectivity index (χ3v) is 3.63. The van der Waals surface area contributed by atoms with Crippen molar-refractivity contribution < 1.29 is 18.8 Å². The maximum Gasteiger partial charge on any atom is 0.267 e. The summed E-state index contributed by atoms with van der Waals surface area (Å²) in [7, 11) is 0. The predicted octanol–water partition coefficient (Wildman–Crippen LogP) is 1.44. The Labute approximate surface area is 127 Å². The van der Waals surface area contributed by atoms with Crippen LogP contribution >= 0.6 is 15.9 Å². The Kier molecular flexibility index (Phi) is 4.37. The minimum absolute atomic E-state index is 0.131. The topological polar surface area (TPSA) is 87.3 Å². The van der Waals surface area contributed by atoms with Gasteiger partial charge in [0.15, 0.2) is 0 Å². The largest absolute Gasteiger partial charge is 0.325 e. The lowest BCUT2D eigenvalue weighted by Crippen LogP contribution is -2.41. The highest BCUT2D eigenvalue weighted by Gasteiger charge is 2.24. The smallest absolute Gasteiger partial charge is 0.267 e. The van der Waals surface area contributed by atoms with E-state index in [0.29, 0.717) is 10.0 Å². The zero-order valence-electron chi connectivity index (χ0n) is 10.9. The first kappa shape index (κ1) is 15.2. The normalized spacial score (nSPS) is 14.0. The van der Waals surface area contributed by atoms with Crippen molar-refractivity contribution in [3.63, 3.8) is 0 Å². The molecule has 0 radical (unpaired) electrons. The molecule has 0 fully saturated rings. The van der Waals surface area contributed by atoms with E-state index in [4.69, 9.17) is 0 Å². The third kappa shape index (κ3) is 3.46. The average Bonchev–Trinajstić information content (AvgIpc) is 2.52. The van der Waals surface area contributed by atoms with E-state index < -0.39 is 23.5 Å². The van der Waals surface area contributed by atoms with E-state index in [1.54, 1.807) is 0 Å². The fourth-order valence-corrected chi connectivity index (χ4v) is 2.47. The minimum Gasteiger partial charge on any atom is -0.325 e. The molecule has 3 amide bonds. The van der Waals surface area contributed by atoms with E-state index in [-0.39, 0.29) is 17.7 Å². The number of rotatable bonds is 1. The summed E-state index contributed by atoms with van der Waals surface area (Å²) in [5.74, 6) is -2.02. The van der Waals surface area contributed by atoms with Crippen molar-refractivity contribution in [3.05, 3.63) is 35.2 Å². The van der Waals surface area contributed by atoms with Crippen LogP contribution in [0.1, 0.15) is 18.9 Å². The first-order chi connectivity index (χ1) is 9.88. The van der Waals surface area contributed by atoms with Crippen LogP contribution in [-0.4, -0.2) is 17.7 Å². The molecule has 0 aromatic heterocycles. The number of carbonyl (C=O) groups excluding carboxylic acids is 3. The van der Waals surface area contributed by atoms with Gasteiger partial charge in [0.2, 0.25) is 11.8 Å². The summed E-state index contributed by atoms with van der Waals surface area (Å²) in [6, 6.07) is 3.84. The molecular weight excluding hydrogens is 345 g/mol. The molecule has 110 valence electrons. The fraction of sp³-hybridized carbons (Fsp3) is 0.154. The molecule has 3 N–H and O–H groups in total. The molecule has 21 heavy (non-hydrogen) atoms. The van der Waals surface area contributed by atoms with E-state index in [2.05, 4.69) is 32.1 Å². The second-order valence-electron chi connectivity index (χ2n) is 4.34. The van der Waals surface area contributed by atoms with Crippen molar-refractivity contribution in [2.75, 3.05) is 5.32 Å². The molecule has 0 atom stereocenters. The molecule has 0 spiro atoms. The summed E-state index contributed by atoms with van der Waals surface area (Å²) in [5, 5.41) is 2.53. The molecule has 0 unspecified atom stereocenters. The number of anilines is 1. The summed E-state index contributed by atoms with van der Waals surface area (Å²) < 4.78 is 13.6. The van der Waals surface area contributed by atoms with Gasteiger partial charge in [-0.1, -0.05) is 0 Å². The van der Waals surface area contributed by atoms with Gasteiger partial charge in [0.25, 0.3) is 5.91 Å². The van der Waals surface area contributed by atoms with Gasteiger partial charge in [-0.3, -0.25) is 25.2 Å². The number of hydrogen-bond donors (Lipinski definition) is 3. The first-order valence-corrected chi connectivity index (χ1v) is 6.73. The monoisotopic (exact) mass is 355 g/mol. The van der Waals surface area contributed by atoms with Crippen molar-refractivity contribution >= 4 is 43.8 Å². The number of nitrogens with one attached hydrogen (secondary N) is 3. The summed E-state index contributed by atoms with van der Waals surface area (Å²) >= 11 is 3.25. The Morgan fingerprint density at radius 3 is 2.71 bits per heavy atom. The van der Waals surface area contributed by atoms with Crippen LogP contribution in [-0.2, 0) is 14.4 Å². The first-order valence-electron chi connectivity index (χ1n) is 5.94. The Morgan fingerprint density at radius 1 is 1.33 bits per heavy atom. The molecular formula is C13H11BrFN3O3. The number of amides is 3. The van der Waals surface area contributed by atoms with Gasteiger partial charge in [0, 0.05) is 22.5 Å². The van der Waals surface area contributed by atoms with Crippen LogP contribution in [0, 0.1) is 5.82 Å². The molecule has 1 aromatic carbocycles. The molecule has 1 aromatic rings. The number of hydrogen-bond acceptors (Lipinski definition) is 3. The summed E-state index contributed by atoms with van der Waals surface area (Å²) in [6.07, 6.45) is -0.206. The predicted molar refractivity (Wildman–Crippen MR) is 77.5 cm³/mol. The second-order valence-corrected chi connectivity index (χ2v) is 5.14. The fourth-order valence-electron chi connectivity index (χ4n) is 1.81. The Morgan fingerprint density at radius 2 is 2.05 bits per heavy atom. The van der Waals surface area contributed by atoms with Crippen molar-refractivity contribution in [1.29, 1.82) is 0 Å². The molecule has 0 bridgehead atoms. The molecule has 6 nitrogen and oxygen atoms in total. The number of fused-ring (bicyclic) bond motifs is 1. The lowest BCUT2D eigenvalue weighted by molar-refractivity contribution is -0.126. The molecule has 8 heteroatoms. The highest BCUT2D eigenvalue weighted by molar-refractivity contribution is 9.15. The van der Waals surface area contributed by atoms with Gasteiger partial charge in [0.1, 0.15) is 5.82 Å². The van der Waals surface area contributed by atoms with Gasteiger partial charge in [-0.25, -0.2) is 4.39 Å². The van der Waals surface area contributed by atoms with Crippen molar-refractivity contribution in [2.45, 2.75) is 13.3 Å². The van der Waals surface area contributed by atoms with Crippen LogP contribution < -0.4 is 16.2 Å². The SMILES string of the molecule is CC(=O)NNC(=O)C1=C(Br)c2ccc(F)cc2NC(=O)C1. The highest BCUT2D eigenvalue weighted by atomic mass is 79.9. The lowest BCUT2D eigenvalue weighted by Gasteiger charge is -2.09. The summed E-state index contributed by atoms with van der Waals surface area (Å²) in [4.78, 5) is 34.6. The maximum absolute atomic E-state index is 13.2. The Hall–Kier alpha value is -2.22. The van der Waals surface area contributed by atoms with Gasteiger partial charge >= 0.3 is 0 Å². The van der Waals surface area contributed by atoms with Gasteiger partial charge < -0.3 is 5.32 Å². The van der Waals surface area contributed by atoms with Gasteiger partial charge in [-0.05, 0) is 34.1 Å². The molecule has 0 aliphatic carbocycles. The molecule has 1 heterocycles. The zero-order valence-corrected chi connectivity index (χ0v) is 12.5. The number of carbonyl (C=O) groups is 3. The maximum atomic E-state index is 13.2. The zero-order chi connectivity index (χ0) is 15.6. The molecule has 1 aliphatic heterocycles.